The van der Waals surface area contributed by atoms with Crippen molar-refractivity contribution in [1.29, 1.82) is 0 Å². The van der Waals surface area contributed by atoms with E-state index < -0.39 is 0 Å². The summed E-state index contributed by atoms with van der Waals surface area (Å²) in [6.07, 6.45) is 21.1. The molecule has 0 fully saturated rings. The highest BCUT2D eigenvalue weighted by atomic mass is 16.2. The number of unbranched alkanes of at least 4 members (excludes halogenated alkanes) is 12. The summed E-state index contributed by atoms with van der Waals surface area (Å²) in [7, 11) is 4.30. The van der Waals surface area contributed by atoms with Crippen LogP contribution < -0.4 is 0 Å². The highest BCUT2D eigenvalue weighted by Gasteiger charge is 2.34. The van der Waals surface area contributed by atoms with E-state index in [9.17, 15) is 9.59 Å². The molecular weight excluding hydrogens is 408 g/mol. The monoisotopic (exact) mass is 456 g/mol. The molecule has 1 aliphatic heterocycles. The predicted octanol–water partition coefficient (Wildman–Crippen LogP) is 7.47. The van der Waals surface area contributed by atoms with Gasteiger partial charge < -0.3 is 4.90 Å². The van der Waals surface area contributed by atoms with E-state index in [-0.39, 0.29) is 11.8 Å². The molecule has 0 aromatic heterocycles. The van der Waals surface area contributed by atoms with Crippen molar-refractivity contribution >= 4 is 11.8 Å². The molecule has 1 heterocycles. The van der Waals surface area contributed by atoms with Gasteiger partial charge in [-0.15, -0.1) is 0 Å². The van der Waals surface area contributed by atoms with Gasteiger partial charge in [0.2, 0.25) is 0 Å². The molecular formula is C29H48N2O2. The summed E-state index contributed by atoms with van der Waals surface area (Å²) in [5, 5.41) is 0. The van der Waals surface area contributed by atoms with Crippen LogP contribution in [0.5, 0.6) is 0 Å². The van der Waals surface area contributed by atoms with Gasteiger partial charge in [-0.05, 0) is 45.5 Å². The van der Waals surface area contributed by atoms with Gasteiger partial charge in [-0.2, -0.15) is 0 Å². The summed E-state index contributed by atoms with van der Waals surface area (Å²) in [5.41, 5.74) is 1.11. The molecule has 4 heteroatoms. The molecule has 4 nitrogen and oxygen atoms in total. The first kappa shape index (κ1) is 27.6. The summed E-state index contributed by atoms with van der Waals surface area (Å²) in [6, 6.07) is 7.68. The Labute approximate surface area is 203 Å². The van der Waals surface area contributed by atoms with Crippen LogP contribution in [0.3, 0.4) is 0 Å². The molecule has 0 bridgehead atoms. The van der Waals surface area contributed by atoms with Gasteiger partial charge in [0.1, 0.15) is 0 Å². The van der Waals surface area contributed by atoms with Crippen LogP contribution in [0.4, 0.5) is 0 Å². The average Bonchev–Trinajstić information content (AvgIpc) is 3.05. The maximum atomic E-state index is 12.5. The second-order valence-corrected chi connectivity index (χ2v) is 10.1. The van der Waals surface area contributed by atoms with E-state index in [1.165, 1.54) is 94.8 Å². The van der Waals surface area contributed by atoms with E-state index in [4.69, 9.17) is 0 Å². The lowest BCUT2D eigenvalue weighted by atomic mass is 10.0. The Morgan fingerprint density at radius 1 is 0.667 bits per heavy atom. The fraction of sp³-hybridized carbons (Fsp3) is 0.724. The maximum absolute atomic E-state index is 12.5. The largest absolute Gasteiger partial charge is 0.306 e. The van der Waals surface area contributed by atoms with Crippen LogP contribution in [0.15, 0.2) is 24.3 Å². The first-order valence-electron chi connectivity index (χ1n) is 13.7. The molecule has 2 rings (SSSR count). The quantitative estimate of drug-likeness (QED) is 0.160. The smallest absolute Gasteiger partial charge is 0.261 e. The highest BCUT2D eigenvalue weighted by molar-refractivity contribution is 6.21. The molecule has 0 N–H and O–H groups in total. The fourth-order valence-corrected chi connectivity index (χ4v) is 4.99. The Bertz CT molecular complexity index is 666. The van der Waals surface area contributed by atoms with Gasteiger partial charge in [0.05, 0.1) is 11.1 Å². The fourth-order valence-electron chi connectivity index (χ4n) is 4.99. The summed E-state index contributed by atoms with van der Waals surface area (Å²) in [6.45, 7) is 2.80. The Hall–Kier alpha value is -1.68. The van der Waals surface area contributed by atoms with Gasteiger partial charge in [0.25, 0.3) is 11.8 Å². The van der Waals surface area contributed by atoms with Gasteiger partial charge in [0, 0.05) is 12.6 Å². The highest BCUT2D eigenvalue weighted by Crippen LogP contribution is 2.23. The minimum atomic E-state index is -0.131. The zero-order valence-corrected chi connectivity index (χ0v) is 21.6. The third-order valence-electron chi connectivity index (χ3n) is 7.17. The molecule has 1 unspecified atom stereocenters. The van der Waals surface area contributed by atoms with Crippen molar-refractivity contribution in [2.45, 2.75) is 116 Å². The van der Waals surface area contributed by atoms with Gasteiger partial charge in [-0.25, -0.2) is 0 Å². The van der Waals surface area contributed by atoms with Crippen LogP contribution in [0.1, 0.15) is 130 Å². The van der Waals surface area contributed by atoms with Crippen LogP contribution in [0.2, 0.25) is 0 Å². The molecule has 0 aliphatic carbocycles. The average molecular weight is 457 g/mol. The number of hydrogen-bond acceptors (Lipinski definition) is 3. The zero-order valence-electron chi connectivity index (χ0n) is 21.6. The number of hydrogen-bond donors (Lipinski definition) is 0. The van der Waals surface area contributed by atoms with Crippen molar-refractivity contribution in [2.75, 3.05) is 20.6 Å². The van der Waals surface area contributed by atoms with Crippen molar-refractivity contribution in [3.05, 3.63) is 35.4 Å². The first-order chi connectivity index (χ1) is 16.1. The topological polar surface area (TPSA) is 40.6 Å². The normalized spacial score (nSPS) is 14.4. The second-order valence-electron chi connectivity index (χ2n) is 10.1. The Balaban J connectivity index is 1.51. The van der Waals surface area contributed by atoms with Crippen molar-refractivity contribution in [1.82, 2.24) is 9.80 Å². The molecule has 1 aromatic carbocycles. The minimum absolute atomic E-state index is 0.131. The van der Waals surface area contributed by atoms with Gasteiger partial charge in [0.15, 0.2) is 0 Å². The van der Waals surface area contributed by atoms with Crippen molar-refractivity contribution in [3.63, 3.8) is 0 Å². The molecule has 0 spiro atoms. The lowest BCUT2D eigenvalue weighted by molar-refractivity contribution is 0.0648. The SMILES string of the molecule is CCCCCCCCCCCCCCCC(CCCN1C(=O)c2ccccc2C1=O)N(C)C. The number of rotatable bonds is 19. The van der Waals surface area contributed by atoms with Crippen molar-refractivity contribution in [3.8, 4) is 0 Å². The standard InChI is InChI=1S/C29H48N2O2/c1-4-5-6-7-8-9-10-11-12-13-14-15-16-20-25(30(2)3)21-19-24-31-28(32)26-22-17-18-23-27(26)29(31)33/h17-18,22-23,25H,4-16,19-21,24H2,1-3H3. The van der Waals surface area contributed by atoms with Crippen LogP contribution in [-0.4, -0.2) is 48.3 Å². The zero-order chi connectivity index (χ0) is 23.9. The van der Waals surface area contributed by atoms with Crippen LogP contribution >= 0.6 is 0 Å². The van der Waals surface area contributed by atoms with Crippen molar-refractivity contribution < 1.29 is 9.59 Å². The van der Waals surface area contributed by atoms with E-state index in [1.54, 1.807) is 12.1 Å². The number of fused-ring (bicyclic) bond motifs is 1. The number of benzene rings is 1. The summed E-state index contributed by atoms with van der Waals surface area (Å²) >= 11 is 0. The van der Waals surface area contributed by atoms with Crippen LogP contribution in [-0.2, 0) is 0 Å². The number of carbonyl (C=O) groups is 2. The molecule has 1 atom stereocenters. The molecule has 33 heavy (non-hydrogen) atoms. The molecule has 0 radical (unpaired) electrons. The van der Waals surface area contributed by atoms with Crippen LogP contribution in [0, 0.1) is 0 Å². The van der Waals surface area contributed by atoms with E-state index in [1.807, 2.05) is 12.1 Å². The van der Waals surface area contributed by atoms with Crippen molar-refractivity contribution in [2.24, 2.45) is 0 Å². The Morgan fingerprint density at radius 2 is 1.09 bits per heavy atom. The molecule has 0 saturated carbocycles. The van der Waals surface area contributed by atoms with E-state index in [2.05, 4.69) is 25.9 Å². The molecule has 186 valence electrons. The number of imide groups is 1. The molecule has 1 aliphatic rings. The van der Waals surface area contributed by atoms with Gasteiger partial charge >= 0.3 is 0 Å². The molecule has 2 amide bonds. The number of carbonyl (C=O) groups excluding carboxylic acids is 2. The van der Waals surface area contributed by atoms with E-state index in [0.29, 0.717) is 23.7 Å². The lowest BCUT2D eigenvalue weighted by Gasteiger charge is -2.25. The summed E-state index contributed by atoms with van der Waals surface area (Å²) in [5.74, 6) is -0.262. The van der Waals surface area contributed by atoms with E-state index in [0.717, 1.165) is 12.8 Å². The van der Waals surface area contributed by atoms with Gasteiger partial charge in [-0.3, -0.25) is 14.5 Å². The lowest BCUT2D eigenvalue weighted by Crippen LogP contribution is -2.33. The number of nitrogens with zero attached hydrogens (tertiary/aromatic N) is 2. The Kier molecular flexibility index (Phi) is 13.4. The summed E-state index contributed by atoms with van der Waals surface area (Å²) in [4.78, 5) is 28.8. The van der Waals surface area contributed by atoms with Gasteiger partial charge in [-0.1, -0.05) is 103 Å². The van der Waals surface area contributed by atoms with E-state index >= 15 is 0 Å². The minimum Gasteiger partial charge on any atom is -0.306 e. The Morgan fingerprint density at radius 3 is 1.55 bits per heavy atom. The predicted molar refractivity (Wildman–Crippen MR) is 139 cm³/mol. The second kappa shape index (κ2) is 16.0. The number of amides is 2. The maximum Gasteiger partial charge on any atom is 0.261 e. The summed E-state index contributed by atoms with van der Waals surface area (Å²) < 4.78 is 0. The third-order valence-corrected chi connectivity index (χ3v) is 7.17. The van der Waals surface area contributed by atoms with Crippen LogP contribution in [0.25, 0.3) is 0 Å². The first-order valence-corrected chi connectivity index (χ1v) is 13.7. The molecule has 1 aromatic rings. The molecule has 0 saturated heterocycles. The third kappa shape index (κ3) is 9.60.